The minimum atomic E-state index is 0.141. The van der Waals surface area contributed by atoms with Crippen molar-refractivity contribution in [1.29, 1.82) is 0 Å². The maximum Gasteiger partial charge on any atom is 0.227 e. The van der Waals surface area contributed by atoms with Crippen LogP contribution in [0, 0.1) is 5.92 Å². The lowest BCUT2D eigenvalue weighted by Crippen LogP contribution is -2.32. The summed E-state index contributed by atoms with van der Waals surface area (Å²) in [5.41, 5.74) is 9.58. The van der Waals surface area contributed by atoms with Gasteiger partial charge in [-0.1, -0.05) is 38.5 Å². The highest BCUT2D eigenvalue weighted by Gasteiger charge is 2.27. The normalized spacial score (nSPS) is 21.6. The number of nitrogens with zero attached hydrogens (tertiary/aromatic N) is 2. The average Bonchev–Trinajstić information content (AvgIpc) is 3.21. The second-order valence-electron chi connectivity index (χ2n) is 8.26. The topological polar surface area (TPSA) is 69.3 Å². The third kappa shape index (κ3) is 4.37. The van der Waals surface area contributed by atoms with Gasteiger partial charge in [-0.2, -0.15) is 0 Å². The summed E-state index contributed by atoms with van der Waals surface area (Å²) in [7, 11) is 0. The monoisotopic (exact) mass is 371 g/mol. The molecule has 0 bridgehead atoms. The molecule has 27 heavy (non-hydrogen) atoms. The van der Waals surface area contributed by atoms with Crippen molar-refractivity contribution in [3.05, 3.63) is 11.8 Å². The number of rotatable bonds is 3. The number of carbonyl (C=O) groups excluding carboxylic acids is 1. The summed E-state index contributed by atoms with van der Waals surface area (Å²) in [5, 5.41) is 3.28. The molecule has 0 atom stereocenters. The first-order valence-corrected chi connectivity index (χ1v) is 10.9. The van der Waals surface area contributed by atoms with Crippen molar-refractivity contribution in [3.8, 4) is 0 Å². The van der Waals surface area contributed by atoms with Crippen molar-refractivity contribution < 1.29 is 4.79 Å². The summed E-state index contributed by atoms with van der Waals surface area (Å²) in [4.78, 5) is 20.1. The second kappa shape index (κ2) is 8.91. The predicted octanol–water partition coefficient (Wildman–Crippen LogP) is 4.19. The van der Waals surface area contributed by atoms with Crippen LogP contribution in [0.3, 0.4) is 0 Å². The van der Waals surface area contributed by atoms with Crippen LogP contribution in [0.4, 0.5) is 17.2 Å². The van der Waals surface area contributed by atoms with E-state index in [1.54, 1.807) is 0 Å². The molecule has 0 unspecified atom stereocenters. The smallest absolute Gasteiger partial charge is 0.227 e. The second-order valence-corrected chi connectivity index (χ2v) is 8.26. The van der Waals surface area contributed by atoms with Crippen molar-refractivity contribution in [1.82, 2.24) is 10.4 Å². The van der Waals surface area contributed by atoms with E-state index in [1.807, 2.05) is 6.20 Å². The first-order valence-electron chi connectivity index (χ1n) is 10.9. The highest BCUT2D eigenvalue weighted by molar-refractivity contribution is 5.97. The number of hydrogen-bond donors (Lipinski definition) is 3. The van der Waals surface area contributed by atoms with Crippen LogP contribution in [0.2, 0.25) is 0 Å². The Hall–Kier alpha value is -1.82. The quantitative estimate of drug-likeness (QED) is 0.743. The van der Waals surface area contributed by atoms with Crippen LogP contribution < -0.4 is 21.1 Å². The Bertz CT molecular complexity index is 646. The summed E-state index contributed by atoms with van der Waals surface area (Å²) < 4.78 is 0. The molecule has 1 aliphatic carbocycles. The van der Waals surface area contributed by atoms with E-state index in [4.69, 9.17) is 0 Å². The fourth-order valence-electron chi connectivity index (χ4n) is 4.73. The van der Waals surface area contributed by atoms with Crippen LogP contribution in [0.25, 0.3) is 0 Å². The first-order chi connectivity index (χ1) is 13.3. The van der Waals surface area contributed by atoms with Crippen molar-refractivity contribution in [3.63, 3.8) is 0 Å². The molecule has 6 heteroatoms. The predicted molar refractivity (Wildman–Crippen MR) is 110 cm³/mol. The molecule has 1 aromatic rings. The Kier molecular flexibility index (Phi) is 6.12. The van der Waals surface area contributed by atoms with Crippen LogP contribution in [-0.4, -0.2) is 24.0 Å². The number of hydrazine groups is 1. The molecule has 0 aromatic carbocycles. The Morgan fingerprint density at radius 2 is 1.67 bits per heavy atom. The van der Waals surface area contributed by atoms with E-state index in [0.717, 1.165) is 44.0 Å². The maximum absolute atomic E-state index is 13.1. The number of amides is 1. The highest BCUT2D eigenvalue weighted by Crippen LogP contribution is 2.37. The molecule has 6 nitrogen and oxygen atoms in total. The summed E-state index contributed by atoms with van der Waals surface area (Å²) in [6.45, 7) is 2.87. The van der Waals surface area contributed by atoms with E-state index in [9.17, 15) is 4.79 Å². The zero-order valence-corrected chi connectivity index (χ0v) is 16.4. The Balaban J connectivity index is 1.54. The lowest BCUT2D eigenvalue weighted by Gasteiger charge is -2.32. The molecule has 1 amide bonds. The van der Waals surface area contributed by atoms with Gasteiger partial charge in [0.15, 0.2) is 0 Å². The number of hydrogen-bond acceptors (Lipinski definition) is 5. The Labute approximate surface area is 162 Å². The molecule has 2 aliphatic heterocycles. The number of nitrogens with one attached hydrogen (secondary N) is 3. The Morgan fingerprint density at radius 1 is 1.00 bits per heavy atom. The van der Waals surface area contributed by atoms with Crippen LogP contribution in [-0.2, 0) is 11.3 Å². The average molecular weight is 372 g/mol. The van der Waals surface area contributed by atoms with Gasteiger partial charge in [0.1, 0.15) is 5.82 Å². The molecule has 2 fully saturated rings. The van der Waals surface area contributed by atoms with Gasteiger partial charge in [-0.05, 0) is 32.1 Å². The largest absolute Gasteiger partial charge is 0.369 e. The number of pyridine rings is 1. The molecule has 0 radical (unpaired) electrons. The van der Waals surface area contributed by atoms with Gasteiger partial charge in [0.2, 0.25) is 5.91 Å². The highest BCUT2D eigenvalue weighted by atomic mass is 16.1. The van der Waals surface area contributed by atoms with Gasteiger partial charge in [-0.25, -0.2) is 10.4 Å². The molecule has 3 heterocycles. The van der Waals surface area contributed by atoms with Crippen molar-refractivity contribution in [2.75, 3.05) is 28.7 Å². The molecule has 148 valence electrons. The zero-order chi connectivity index (χ0) is 18.5. The standard InChI is InChI=1S/C21H33N5O/c27-21(16-10-6-3-1-2-4-7-11-16)24-18-15-22-20-17(14-23-25-20)19(18)26-12-8-5-9-13-26/h15-16,23H,1-14H2,(H,22,25)(H,24,27). The zero-order valence-electron chi connectivity index (χ0n) is 16.4. The van der Waals surface area contributed by atoms with E-state index in [2.05, 4.69) is 26.1 Å². The summed E-state index contributed by atoms with van der Waals surface area (Å²) in [5.74, 6) is 1.23. The number of piperidine rings is 1. The van der Waals surface area contributed by atoms with E-state index < -0.39 is 0 Å². The number of anilines is 3. The first kappa shape index (κ1) is 18.5. The van der Waals surface area contributed by atoms with Gasteiger partial charge in [-0.3, -0.25) is 4.79 Å². The van der Waals surface area contributed by atoms with Crippen LogP contribution in [0.15, 0.2) is 6.20 Å². The SMILES string of the molecule is O=C(Nc1cnc2c(c1N1CCCCC1)CNN2)C1CCCCCCCC1. The molecule has 1 aromatic heterocycles. The molecule has 4 rings (SSSR count). The van der Waals surface area contributed by atoms with Crippen LogP contribution >= 0.6 is 0 Å². The molecular formula is C21H33N5O. The molecule has 0 spiro atoms. The Morgan fingerprint density at radius 3 is 2.41 bits per heavy atom. The lowest BCUT2D eigenvalue weighted by atomic mass is 9.96. The van der Waals surface area contributed by atoms with E-state index in [1.165, 1.54) is 69.0 Å². The van der Waals surface area contributed by atoms with Crippen LogP contribution in [0.5, 0.6) is 0 Å². The minimum Gasteiger partial charge on any atom is -0.369 e. The van der Waals surface area contributed by atoms with E-state index >= 15 is 0 Å². The third-order valence-electron chi connectivity index (χ3n) is 6.28. The summed E-state index contributed by atoms with van der Waals surface area (Å²) in [6, 6.07) is 0. The van der Waals surface area contributed by atoms with Gasteiger partial charge in [-0.15, -0.1) is 0 Å². The van der Waals surface area contributed by atoms with E-state index in [0.29, 0.717) is 0 Å². The molecule has 1 saturated heterocycles. The number of aromatic nitrogens is 1. The van der Waals surface area contributed by atoms with E-state index in [-0.39, 0.29) is 11.8 Å². The molecule has 3 N–H and O–H groups in total. The fourth-order valence-corrected chi connectivity index (χ4v) is 4.73. The molecule has 1 saturated carbocycles. The number of fused-ring (bicyclic) bond motifs is 1. The fraction of sp³-hybridized carbons (Fsp3) is 0.714. The summed E-state index contributed by atoms with van der Waals surface area (Å²) >= 11 is 0. The van der Waals surface area contributed by atoms with Crippen LogP contribution in [0.1, 0.15) is 76.2 Å². The minimum absolute atomic E-state index is 0.141. The van der Waals surface area contributed by atoms with Gasteiger partial charge < -0.3 is 15.6 Å². The van der Waals surface area contributed by atoms with Crippen molar-refractivity contribution in [2.24, 2.45) is 5.92 Å². The van der Waals surface area contributed by atoms with Gasteiger partial charge in [0.25, 0.3) is 0 Å². The third-order valence-corrected chi connectivity index (χ3v) is 6.28. The van der Waals surface area contributed by atoms with Gasteiger partial charge in [0, 0.05) is 31.1 Å². The molecule has 3 aliphatic rings. The van der Waals surface area contributed by atoms with Crippen molar-refractivity contribution >= 4 is 23.1 Å². The van der Waals surface area contributed by atoms with Gasteiger partial charge >= 0.3 is 0 Å². The van der Waals surface area contributed by atoms with Gasteiger partial charge in [0.05, 0.1) is 17.6 Å². The molecular weight excluding hydrogens is 338 g/mol. The number of carbonyl (C=O) groups is 1. The lowest BCUT2D eigenvalue weighted by molar-refractivity contribution is -0.120. The van der Waals surface area contributed by atoms with Crippen molar-refractivity contribution in [2.45, 2.75) is 77.2 Å². The summed E-state index contributed by atoms with van der Waals surface area (Å²) in [6.07, 6.45) is 15.1. The maximum atomic E-state index is 13.1.